The zero-order valence-electron chi connectivity index (χ0n) is 15.4. The minimum absolute atomic E-state index is 0.322. The molecule has 1 saturated carbocycles. The summed E-state index contributed by atoms with van der Waals surface area (Å²) in [7, 11) is 0. The van der Waals surface area contributed by atoms with Gasteiger partial charge in [-0.15, -0.1) is 0 Å². The van der Waals surface area contributed by atoms with Crippen molar-refractivity contribution in [1.29, 1.82) is 0 Å². The lowest BCUT2D eigenvalue weighted by molar-refractivity contribution is -0.274. The average Bonchev–Trinajstić information content (AvgIpc) is 2.66. The maximum absolute atomic E-state index is 6.69. The molecule has 3 aliphatic heterocycles. The van der Waals surface area contributed by atoms with Gasteiger partial charge in [0.15, 0.2) is 5.72 Å². The molecule has 4 aliphatic rings. The molecular weight excluding hydrogens is 346 g/mol. The third-order valence-corrected chi connectivity index (χ3v) is 7.44. The summed E-state index contributed by atoms with van der Waals surface area (Å²) < 4.78 is 6.69. The number of nitrogens with one attached hydrogen (secondary N) is 1. The van der Waals surface area contributed by atoms with Crippen molar-refractivity contribution in [2.45, 2.75) is 49.9 Å². The van der Waals surface area contributed by atoms with E-state index in [-0.39, 0.29) is 5.66 Å². The topological polar surface area (TPSA) is 38.6 Å². The SMILES string of the molecule is Clc1cccc(C2(N3CCC4CCCCC4C3)OCC[N]C23CCN3)c1. The molecule has 0 aromatic heterocycles. The summed E-state index contributed by atoms with van der Waals surface area (Å²) in [6, 6.07) is 8.28. The number of morpholine rings is 1. The predicted molar refractivity (Wildman–Crippen MR) is 103 cm³/mol. The maximum Gasteiger partial charge on any atom is 0.180 e. The van der Waals surface area contributed by atoms with Crippen LogP contribution in [-0.2, 0) is 10.5 Å². The Kier molecular flexibility index (Phi) is 4.53. The summed E-state index contributed by atoms with van der Waals surface area (Å²) in [5.74, 6) is 1.71. The van der Waals surface area contributed by atoms with Crippen LogP contribution in [0.3, 0.4) is 0 Å². The molecule has 0 bridgehead atoms. The van der Waals surface area contributed by atoms with Crippen LogP contribution in [0.25, 0.3) is 0 Å². The molecule has 1 aliphatic carbocycles. The number of hydrogen-bond acceptors (Lipinski definition) is 3. The summed E-state index contributed by atoms with van der Waals surface area (Å²) in [6.07, 6.45) is 7.89. The van der Waals surface area contributed by atoms with E-state index in [9.17, 15) is 0 Å². The van der Waals surface area contributed by atoms with Gasteiger partial charge in [0.2, 0.25) is 0 Å². The van der Waals surface area contributed by atoms with E-state index < -0.39 is 5.72 Å². The minimum Gasteiger partial charge on any atom is -0.351 e. The molecule has 4 nitrogen and oxygen atoms in total. The third-order valence-electron chi connectivity index (χ3n) is 7.20. The Morgan fingerprint density at radius 2 is 2.04 bits per heavy atom. The smallest absolute Gasteiger partial charge is 0.180 e. The van der Waals surface area contributed by atoms with Crippen LogP contribution in [0.4, 0.5) is 0 Å². The van der Waals surface area contributed by atoms with E-state index in [2.05, 4.69) is 28.4 Å². The summed E-state index contributed by atoms with van der Waals surface area (Å²) in [5.41, 5.74) is 0.323. The van der Waals surface area contributed by atoms with Crippen LogP contribution in [0.15, 0.2) is 24.3 Å². The number of ether oxygens (including phenoxy) is 1. The fourth-order valence-electron chi connectivity index (χ4n) is 5.89. The highest BCUT2D eigenvalue weighted by atomic mass is 35.5. The van der Waals surface area contributed by atoms with E-state index in [0.29, 0.717) is 6.61 Å². The molecule has 4 fully saturated rings. The standard InChI is InChI=1S/C21H29ClN3O/c22-19-7-3-6-18(14-19)21(20(9-10-23-20)24-11-13-26-21)25-12-8-16-4-1-2-5-17(16)15-25/h3,6-7,14,16-17,23H,1-2,4-5,8-13,15H2. The van der Waals surface area contributed by atoms with Crippen molar-refractivity contribution >= 4 is 11.6 Å². The Labute approximate surface area is 161 Å². The monoisotopic (exact) mass is 374 g/mol. The first-order valence-corrected chi connectivity index (χ1v) is 10.7. The zero-order valence-corrected chi connectivity index (χ0v) is 16.2. The van der Waals surface area contributed by atoms with Crippen molar-refractivity contribution in [2.24, 2.45) is 11.8 Å². The quantitative estimate of drug-likeness (QED) is 0.862. The highest BCUT2D eigenvalue weighted by Crippen LogP contribution is 2.49. The lowest BCUT2D eigenvalue weighted by atomic mass is 9.72. The highest BCUT2D eigenvalue weighted by molar-refractivity contribution is 6.30. The van der Waals surface area contributed by atoms with Crippen LogP contribution < -0.4 is 10.6 Å². The van der Waals surface area contributed by atoms with Crippen molar-refractivity contribution in [3.05, 3.63) is 34.9 Å². The molecule has 4 unspecified atom stereocenters. The fourth-order valence-corrected chi connectivity index (χ4v) is 6.08. The number of fused-ring (bicyclic) bond motifs is 1. The first-order chi connectivity index (χ1) is 12.7. The van der Waals surface area contributed by atoms with E-state index in [1.54, 1.807) is 0 Å². The molecule has 26 heavy (non-hydrogen) atoms. The second-order valence-electron chi connectivity index (χ2n) is 8.46. The summed E-state index contributed by atoms with van der Waals surface area (Å²) >= 11 is 6.40. The Morgan fingerprint density at radius 1 is 1.19 bits per heavy atom. The number of nitrogens with zero attached hydrogens (tertiary/aromatic N) is 2. The van der Waals surface area contributed by atoms with Gasteiger partial charge in [-0.05, 0) is 43.2 Å². The van der Waals surface area contributed by atoms with Gasteiger partial charge in [-0.25, -0.2) is 5.32 Å². The van der Waals surface area contributed by atoms with Gasteiger partial charge in [0, 0.05) is 36.8 Å². The van der Waals surface area contributed by atoms with E-state index >= 15 is 0 Å². The van der Waals surface area contributed by atoms with E-state index in [1.165, 1.54) is 32.1 Å². The van der Waals surface area contributed by atoms with Crippen LogP contribution in [0.2, 0.25) is 5.02 Å². The van der Waals surface area contributed by atoms with Crippen molar-refractivity contribution in [1.82, 2.24) is 15.5 Å². The fraction of sp³-hybridized carbons (Fsp3) is 0.714. The first kappa shape index (κ1) is 17.4. The van der Waals surface area contributed by atoms with Crippen LogP contribution in [-0.4, -0.2) is 43.3 Å². The van der Waals surface area contributed by atoms with E-state index in [0.717, 1.165) is 55.0 Å². The molecule has 141 valence electrons. The van der Waals surface area contributed by atoms with Gasteiger partial charge < -0.3 is 4.74 Å². The van der Waals surface area contributed by atoms with Crippen molar-refractivity contribution in [3.63, 3.8) is 0 Å². The first-order valence-electron chi connectivity index (χ1n) is 10.3. The molecule has 3 saturated heterocycles. The summed E-state index contributed by atoms with van der Waals surface area (Å²) in [4.78, 5) is 2.61. The molecule has 4 atom stereocenters. The Bertz CT molecular complexity index is 664. The second-order valence-corrected chi connectivity index (χ2v) is 8.90. The van der Waals surface area contributed by atoms with Crippen LogP contribution in [0, 0.1) is 11.8 Å². The lowest BCUT2D eigenvalue weighted by Gasteiger charge is -2.63. The minimum atomic E-state index is -0.517. The largest absolute Gasteiger partial charge is 0.351 e. The molecule has 3 heterocycles. The van der Waals surface area contributed by atoms with Crippen LogP contribution in [0.1, 0.15) is 44.1 Å². The number of piperidine rings is 1. The van der Waals surface area contributed by atoms with Gasteiger partial charge in [-0.1, -0.05) is 43.0 Å². The van der Waals surface area contributed by atoms with Crippen molar-refractivity contribution in [3.8, 4) is 0 Å². The van der Waals surface area contributed by atoms with Gasteiger partial charge in [0.05, 0.1) is 6.61 Å². The van der Waals surface area contributed by atoms with E-state index in [1.807, 2.05) is 6.07 Å². The average molecular weight is 375 g/mol. The van der Waals surface area contributed by atoms with Gasteiger partial charge in [-0.2, -0.15) is 0 Å². The molecule has 1 spiro atoms. The number of rotatable bonds is 2. The second kappa shape index (κ2) is 6.75. The number of halogens is 1. The van der Waals surface area contributed by atoms with Gasteiger partial charge in [0.1, 0.15) is 5.66 Å². The molecule has 5 rings (SSSR count). The molecule has 1 radical (unpaired) electrons. The Morgan fingerprint density at radius 3 is 2.81 bits per heavy atom. The summed E-state index contributed by atoms with van der Waals surface area (Å²) in [5, 5.41) is 9.52. The molecule has 1 aromatic rings. The molecular formula is C21H29ClN3O. The van der Waals surface area contributed by atoms with Crippen LogP contribution in [0.5, 0.6) is 0 Å². The van der Waals surface area contributed by atoms with Crippen molar-refractivity contribution < 1.29 is 4.74 Å². The number of hydrogen-bond donors (Lipinski definition) is 1. The highest BCUT2D eigenvalue weighted by Gasteiger charge is 2.63. The summed E-state index contributed by atoms with van der Waals surface area (Å²) in [6.45, 7) is 4.67. The third kappa shape index (κ3) is 2.57. The van der Waals surface area contributed by atoms with Gasteiger partial charge in [-0.3, -0.25) is 10.2 Å². The molecule has 5 heteroatoms. The lowest BCUT2D eigenvalue weighted by Crippen LogP contribution is -2.81. The van der Waals surface area contributed by atoms with Gasteiger partial charge in [0.25, 0.3) is 0 Å². The zero-order chi connectivity index (χ0) is 17.6. The molecule has 1 N–H and O–H groups in total. The van der Waals surface area contributed by atoms with Crippen molar-refractivity contribution in [2.75, 3.05) is 32.8 Å². The Hall–Kier alpha value is -0.650. The normalized spacial score (nSPS) is 40.8. The molecule has 1 aromatic carbocycles. The predicted octanol–water partition coefficient (Wildman–Crippen LogP) is 3.33. The maximum atomic E-state index is 6.69. The number of benzene rings is 1. The number of likely N-dealkylation sites (tertiary alicyclic amines) is 1. The molecule has 0 amide bonds. The Balaban J connectivity index is 1.56. The van der Waals surface area contributed by atoms with Gasteiger partial charge >= 0.3 is 0 Å². The van der Waals surface area contributed by atoms with E-state index in [4.69, 9.17) is 21.7 Å². The van der Waals surface area contributed by atoms with Crippen LogP contribution >= 0.6 is 11.6 Å².